The molecule has 0 unspecified atom stereocenters. The number of pyridine rings is 1. The average Bonchev–Trinajstić information content (AvgIpc) is 2.66. The molecule has 1 aliphatic rings. The number of piperazine rings is 1. The van der Waals surface area contributed by atoms with Crippen LogP contribution in [0.25, 0.3) is 0 Å². The summed E-state index contributed by atoms with van der Waals surface area (Å²) in [6, 6.07) is 9.34. The van der Waals surface area contributed by atoms with Gasteiger partial charge in [0.1, 0.15) is 30.4 Å². The summed E-state index contributed by atoms with van der Waals surface area (Å²) in [6.07, 6.45) is -0.523. The molecule has 0 aliphatic carbocycles. The van der Waals surface area contributed by atoms with Crippen LogP contribution in [0.2, 0.25) is 5.02 Å². The van der Waals surface area contributed by atoms with E-state index in [4.69, 9.17) is 21.1 Å². The molecule has 2 heterocycles. The van der Waals surface area contributed by atoms with Gasteiger partial charge in [0, 0.05) is 29.7 Å². The molecule has 160 valence electrons. The first-order valence-electron chi connectivity index (χ1n) is 9.44. The number of benzene rings is 1. The summed E-state index contributed by atoms with van der Waals surface area (Å²) < 4.78 is 24.8. The second kappa shape index (κ2) is 8.87. The number of carbonyl (C=O) groups is 2. The smallest absolute Gasteiger partial charge is 0.410 e. The number of amides is 2. The Balaban J connectivity index is 1.63. The zero-order chi connectivity index (χ0) is 21.9. The molecule has 7 nitrogen and oxygen atoms in total. The van der Waals surface area contributed by atoms with Crippen molar-refractivity contribution in [2.45, 2.75) is 33.0 Å². The normalized spacial score (nSPS) is 14.6. The van der Waals surface area contributed by atoms with Gasteiger partial charge in [-0.1, -0.05) is 23.7 Å². The standard InChI is InChI=1S/C21H23ClFN3O4/c1-21(2,3)30-20(28)25-9-10-26(19(27)12-25)17-5-4-6-18(24-17)29-13-14-7-8-15(22)11-16(14)23/h4-8,11H,9-10,12-13H2,1-3H3. The molecule has 1 aromatic heterocycles. The summed E-state index contributed by atoms with van der Waals surface area (Å²) in [5, 5.41) is 0.306. The second-order valence-electron chi connectivity index (χ2n) is 7.81. The van der Waals surface area contributed by atoms with Crippen LogP contribution in [0, 0.1) is 5.82 Å². The van der Waals surface area contributed by atoms with Crippen LogP contribution in [0.4, 0.5) is 15.0 Å². The minimum Gasteiger partial charge on any atom is -0.473 e. The van der Waals surface area contributed by atoms with Gasteiger partial charge in [-0.25, -0.2) is 9.18 Å². The van der Waals surface area contributed by atoms with Gasteiger partial charge in [0.25, 0.3) is 0 Å². The molecule has 0 N–H and O–H groups in total. The van der Waals surface area contributed by atoms with E-state index in [1.807, 2.05) is 0 Å². The molecule has 30 heavy (non-hydrogen) atoms. The lowest BCUT2D eigenvalue weighted by Crippen LogP contribution is -2.53. The quantitative estimate of drug-likeness (QED) is 0.724. The first-order valence-corrected chi connectivity index (χ1v) is 9.82. The zero-order valence-corrected chi connectivity index (χ0v) is 17.8. The predicted octanol–water partition coefficient (Wildman–Crippen LogP) is 4.04. The third kappa shape index (κ3) is 5.60. The average molecular weight is 436 g/mol. The van der Waals surface area contributed by atoms with E-state index in [9.17, 15) is 14.0 Å². The maximum absolute atomic E-state index is 13.9. The highest BCUT2D eigenvalue weighted by Crippen LogP contribution is 2.21. The van der Waals surface area contributed by atoms with Crippen molar-refractivity contribution in [2.75, 3.05) is 24.5 Å². The van der Waals surface area contributed by atoms with Gasteiger partial charge in [-0.15, -0.1) is 0 Å². The molecule has 1 fully saturated rings. The van der Waals surface area contributed by atoms with Crippen molar-refractivity contribution in [3.8, 4) is 5.88 Å². The molecule has 0 bridgehead atoms. The number of anilines is 1. The number of nitrogens with zero attached hydrogens (tertiary/aromatic N) is 3. The van der Waals surface area contributed by atoms with E-state index < -0.39 is 17.5 Å². The Morgan fingerprint density at radius 2 is 2.00 bits per heavy atom. The van der Waals surface area contributed by atoms with Crippen molar-refractivity contribution in [3.05, 3.63) is 52.8 Å². The summed E-state index contributed by atoms with van der Waals surface area (Å²) in [5.41, 5.74) is -0.290. The molecular weight excluding hydrogens is 413 g/mol. The molecule has 0 spiro atoms. The van der Waals surface area contributed by atoms with Crippen molar-refractivity contribution in [3.63, 3.8) is 0 Å². The fourth-order valence-corrected chi connectivity index (χ4v) is 2.98. The Morgan fingerprint density at radius 3 is 2.67 bits per heavy atom. The highest BCUT2D eigenvalue weighted by Gasteiger charge is 2.31. The number of rotatable bonds is 4. The van der Waals surface area contributed by atoms with Crippen molar-refractivity contribution in [2.24, 2.45) is 0 Å². The van der Waals surface area contributed by atoms with Crippen LogP contribution in [-0.2, 0) is 16.1 Å². The molecule has 0 radical (unpaired) electrons. The predicted molar refractivity (Wildman–Crippen MR) is 110 cm³/mol. The van der Waals surface area contributed by atoms with Gasteiger partial charge in [-0.3, -0.25) is 14.6 Å². The number of hydrogen-bond acceptors (Lipinski definition) is 5. The van der Waals surface area contributed by atoms with Gasteiger partial charge in [0.2, 0.25) is 11.8 Å². The van der Waals surface area contributed by atoms with Crippen LogP contribution in [0.1, 0.15) is 26.3 Å². The Bertz CT molecular complexity index is 948. The van der Waals surface area contributed by atoms with Crippen molar-refractivity contribution in [1.29, 1.82) is 0 Å². The topological polar surface area (TPSA) is 72.0 Å². The third-order valence-corrected chi connectivity index (χ3v) is 4.48. The van der Waals surface area contributed by atoms with Crippen LogP contribution in [-0.4, -0.2) is 47.1 Å². The Kier molecular flexibility index (Phi) is 6.45. The summed E-state index contributed by atoms with van der Waals surface area (Å²) in [7, 11) is 0. The molecule has 0 saturated carbocycles. The van der Waals surface area contributed by atoms with Gasteiger partial charge in [0.05, 0.1) is 0 Å². The molecular formula is C21H23ClFN3O4. The number of ether oxygens (including phenoxy) is 2. The highest BCUT2D eigenvalue weighted by atomic mass is 35.5. The maximum atomic E-state index is 13.9. The van der Waals surface area contributed by atoms with E-state index >= 15 is 0 Å². The molecule has 1 aliphatic heterocycles. The molecule has 0 atom stereocenters. The summed E-state index contributed by atoms with van der Waals surface area (Å²) in [5.74, 6) is -0.0882. The second-order valence-corrected chi connectivity index (χ2v) is 8.24. The molecule has 1 saturated heterocycles. The number of hydrogen-bond donors (Lipinski definition) is 0. The van der Waals surface area contributed by atoms with Gasteiger partial charge < -0.3 is 9.47 Å². The molecule has 2 amide bonds. The van der Waals surface area contributed by atoms with Crippen molar-refractivity contribution in [1.82, 2.24) is 9.88 Å². The molecule has 1 aromatic carbocycles. The highest BCUT2D eigenvalue weighted by molar-refractivity contribution is 6.30. The van der Waals surface area contributed by atoms with Crippen LogP contribution in [0.3, 0.4) is 0 Å². The van der Waals surface area contributed by atoms with Crippen LogP contribution >= 0.6 is 11.6 Å². The Labute approximate surface area is 179 Å². The minimum absolute atomic E-state index is 0.0280. The van der Waals surface area contributed by atoms with E-state index in [1.54, 1.807) is 51.1 Å². The Hall–Kier alpha value is -2.87. The summed E-state index contributed by atoms with van der Waals surface area (Å²) >= 11 is 5.75. The first kappa shape index (κ1) is 21.8. The number of aromatic nitrogens is 1. The van der Waals surface area contributed by atoms with Gasteiger partial charge in [-0.2, -0.15) is 4.98 Å². The first-order chi connectivity index (χ1) is 14.1. The monoisotopic (exact) mass is 435 g/mol. The van der Waals surface area contributed by atoms with E-state index in [0.717, 1.165) is 0 Å². The molecule has 9 heteroatoms. The third-order valence-electron chi connectivity index (χ3n) is 4.25. The van der Waals surface area contributed by atoms with Crippen LogP contribution in [0.15, 0.2) is 36.4 Å². The number of carbonyl (C=O) groups excluding carboxylic acids is 2. The lowest BCUT2D eigenvalue weighted by molar-refractivity contribution is -0.121. The summed E-state index contributed by atoms with van der Waals surface area (Å²) in [6.45, 7) is 5.79. The largest absolute Gasteiger partial charge is 0.473 e. The van der Waals surface area contributed by atoms with Gasteiger partial charge in [0.15, 0.2) is 0 Å². The van der Waals surface area contributed by atoms with E-state index in [2.05, 4.69) is 4.98 Å². The Morgan fingerprint density at radius 1 is 1.23 bits per heavy atom. The fraction of sp³-hybridized carbons (Fsp3) is 0.381. The summed E-state index contributed by atoms with van der Waals surface area (Å²) in [4.78, 5) is 31.9. The molecule has 3 rings (SSSR count). The van der Waals surface area contributed by atoms with Gasteiger partial charge in [-0.05, 0) is 39.0 Å². The van der Waals surface area contributed by atoms with E-state index in [-0.39, 0.29) is 31.5 Å². The van der Waals surface area contributed by atoms with Crippen molar-refractivity contribution < 1.29 is 23.5 Å². The zero-order valence-electron chi connectivity index (χ0n) is 17.0. The fourth-order valence-electron chi connectivity index (χ4n) is 2.82. The van der Waals surface area contributed by atoms with Gasteiger partial charge >= 0.3 is 6.09 Å². The SMILES string of the molecule is CC(C)(C)OC(=O)N1CCN(c2cccc(OCc3ccc(Cl)cc3F)n2)C(=O)C1. The van der Waals surface area contributed by atoms with Crippen LogP contribution in [0.5, 0.6) is 5.88 Å². The number of halogens is 2. The minimum atomic E-state index is -0.631. The van der Waals surface area contributed by atoms with Crippen LogP contribution < -0.4 is 9.64 Å². The lowest BCUT2D eigenvalue weighted by Gasteiger charge is -2.34. The lowest BCUT2D eigenvalue weighted by atomic mass is 10.2. The van der Waals surface area contributed by atoms with E-state index in [0.29, 0.717) is 22.9 Å². The van der Waals surface area contributed by atoms with E-state index in [1.165, 1.54) is 15.9 Å². The van der Waals surface area contributed by atoms with Crippen molar-refractivity contribution >= 4 is 29.4 Å². The maximum Gasteiger partial charge on any atom is 0.410 e. The molecule has 2 aromatic rings.